The van der Waals surface area contributed by atoms with Gasteiger partial charge in [-0.3, -0.25) is 4.79 Å². The number of carbonyl (C=O) groups excluding carboxylic acids is 1. The van der Waals surface area contributed by atoms with Gasteiger partial charge in [-0.2, -0.15) is 0 Å². The molecule has 0 N–H and O–H groups in total. The van der Waals surface area contributed by atoms with Crippen LogP contribution in [0, 0.1) is 0 Å². The summed E-state index contributed by atoms with van der Waals surface area (Å²) in [5.74, 6) is 0.192. The third-order valence-corrected chi connectivity index (χ3v) is 3.69. The van der Waals surface area contributed by atoms with Crippen LogP contribution in [0.3, 0.4) is 0 Å². The summed E-state index contributed by atoms with van der Waals surface area (Å²) in [6, 6.07) is 9.51. The smallest absolute Gasteiger partial charge is 0.319 e. The van der Waals surface area contributed by atoms with Crippen LogP contribution in [0.2, 0.25) is 0 Å². The van der Waals surface area contributed by atoms with Crippen LogP contribution >= 0.6 is 11.8 Å². The zero-order valence-corrected chi connectivity index (χ0v) is 12.9. The average molecular weight is 306 g/mol. The number of nitrogens with zero attached hydrogens (tertiary/aromatic N) is 2. The molecule has 5 nitrogen and oxygen atoms in total. The van der Waals surface area contributed by atoms with Gasteiger partial charge in [-0.15, -0.1) is 10.2 Å². The highest BCUT2D eigenvalue weighted by Crippen LogP contribution is 2.26. The number of hydrogen-bond acceptors (Lipinski definition) is 6. The van der Waals surface area contributed by atoms with Crippen molar-refractivity contribution in [3.63, 3.8) is 0 Å². The van der Waals surface area contributed by atoms with Gasteiger partial charge in [0.15, 0.2) is 0 Å². The Bertz CT molecular complexity index is 571. The van der Waals surface area contributed by atoms with E-state index in [2.05, 4.69) is 17.1 Å². The molecule has 1 aromatic heterocycles. The predicted molar refractivity (Wildman–Crippen MR) is 80.9 cm³/mol. The fourth-order valence-corrected chi connectivity index (χ4v) is 2.27. The second-order valence-electron chi connectivity index (χ2n) is 4.52. The number of carbonyl (C=O) groups is 1. The van der Waals surface area contributed by atoms with Crippen LogP contribution in [-0.2, 0) is 9.53 Å². The highest BCUT2D eigenvalue weighted by atomic mass is 32.2. The highest BCUT2D eigenvalue weighted by molar-refractivity contribution is 8.00. The molecule has 0 aliphatic carbocycles. The maximum atomic E-state index is 11.8. The number of benzene rings is 1. The van der Waals surface area contributed by atoms with E-state index in [4.69, 9.17) is 9.15 Å². The molecule has 112 valence electrons. The van der Waals surface area contributed by atoms with Gasteiger partial charge in [0.1, 0.15) is 5.25 Å². The summed E-state index contributed by atoms with van der Waals surface area (Å²) in [5, 5.41) is 7.93. The Hall–Kier alpha value is -1.82. The van der Waals surface area contributed by atoms with Crippen LogP contribution in [0.5, 0.6) is 0 Å². The maximum Gasteiger partial charge on any atom is 0.319 e. The molecule has 2 rings (SSSR count). The molecule has 0 saturated carbocycles. The Morgan fingerprint density at radius 1 is 1.33 bits per heavy atom. The molecular weight excluding hydrogens is 288 g/mol. The van der Waals surface area contributed by atoms with Gasteiger partial charge < -0.3 is 9.15 Å². The van der Waals surface area contributed by atoms with E-state index in [-0.39, 0.29) is 11.2 Å². The molecular formula is C15H18N2O3S. The van der Waals surface area contributed by atoms with Crippen LogP contribution in [0.4, 0.5) is 0 Å². The number of rotatable bonds is 7. The Morgan fingerprint density at radius 3 is 2.81 bits per heavy atom. The molecule has 1 aromatic carbocycles. The first kappa shape index (κ1) is 15.6. The fourth-order valence-electron chi connectivity index (χ4n) is 1.59. The monoisotopic (exact) mass is 306 g/mol. The number of esters is 1. The molecule has 21 heavy (non-hydrogen) atoms. The van der Waals surface area contributed by atoms with E-state index in [1.54, 1.807) is 6.92 Å². The summed E-state index contributed by atoms with van der Waals surface area (Å²) in [6.07, 6.45) is 1.88. The lowest BCUT2D eigenvalue weighted by atomic mass is 10.2. The van der Waals surface area contributed by atoms with Crippen LogP contribution in [0.25, 0.3) is 11.5 Å². The number of unbranched alkanes of at least 4 members (excludes halogenated alkanes) is 1. The first-order valence-electron chi connectivity index (χ1n) is 6.93. The number of thioether (sulfide) groups is 1. The largest absolute Gasteiger partial charge is 0.465 e. The van der Waals surface area contributed by atoms with E-state index < -0.39 is 0 Å². The van der Waals surface area contributed by atoms with E-state index in [0.29, 0.717) is 17.7 Å². The maximum absolute atomic E-state index is 11.8. The topological polar surface area (TPSA) is 65.2 Å². The standard InChI is InChI=1S/C15H18N2O3S/c1-3-4-10-19-14(18)11(2)21-15-17-16-13(20-15)12-8-6-5-7-9-12/h5-9,11H,3-4,10H2,1-2H3. The van der Waals surface area contributed by atoms with Crippen molar-refractivity contribution in [3.8, 4) is 11.5 Å². The third kappa shape index (κ3) is 4.60. The molecule has 6 heteroatoms. The van der Waals surface area contributed by atoms with Gasteiger partial charge in [-0.25, -0.2) is 0 Å². The molecule has 0 spiro atoms. The second kappa shape index (κ2) is 7.83. The van der Waals surface area contributed by atoms with Crippen molar-refractivity contribution in [2.75, 3.05) is 6.61 Å². The van der Waals surface area contributed by atoms with Crippen LogP contribution in [0.15, 0.2) is 40.0 Å². The lowest BCUT2D eigenvalue weighted by Gasteiger charge is -2.08. The van der Waals surface area contributed by atoms with Crippen molar-refractivity contribution in [1.29, 1.82) is 0 Å². The highest BCUT2D eigenvalue weighted by Gasteiger charge is 2.19. The minimum Gasteiger partial charge on any atom is -0.465 e. The summed E-state index contributed by atoms with van der Waals surface area (Å²) in [7, 11) is 0. The Morgan fingerprint density at radius 2 is 2.10 bits per heavy atom. The van der Waals surface area contributed by atoms with Crippen LogP contribution in [-0.4, -0.2) is 28.0 Å². The fraction of sp³-hybridized carbons (Fsp3) is 0.400. The summed E-state index contributed by atoms with van der Waals surface area (Å²) in [4.78, 5) is 11.8. The van der Waals surface area contributed by atoms with Crippen LogP contribution in [0.1, 0.15) is 26.7 Å². The minimum atomic E-state index is -0.370. The zero-order valence-electron chi connectivity index (χ0n) is 12.1. The zero-order chi connectivity index (χ0) is 15.1. The molecule has 0 aliphatic heterocycles. The van der Waals surface area contributed by atoms with Crippen molar-refractivity contribution in [2.24, 2.45) is 0 Å². The van der Waals surface area contributed by atoms with Crippen molar-refractivity contribution in [3.05, 3.63) is 30.3 Å². The van der Waals surface area contributed by atoms with Gasteiger partial charge >= 0.3 is 5.97 Å². The number of aromatic nitrogens is 2. The molecule has 0 aliphatic rings. The second-order valence-corrected chi connectivity index (χ2v) is 5.81. The molecule has 2 aromatic rings. The van der Waals surface area contributed by atoms with E-state index in [0.717, 1.165) is 18.4 Å². The van der Waals surface area contributed by atoms with Crippen molar-refractivity contribution < 1.29 is 13.9 Å². The normalized spacial score (nSPS) is 12.1. The van der Waals surface area contributed by atoms with Crippen LogP contribution < -0.4 is 0 Å². The Balaban J connectivity index is 1.91. The summed E-state index contributed by atoms with van der Waals surface area (Å²) in [5.41, 5.74) is 0.857. The van der Waals surface area contributed by atoms with Crippen molar-refractivity contribution in [1.82, 2.24) is 10.2 Å². The first-order chi connectivity index (χ1) is 10.2. The average Bonchev–Trinajstić information content (AvgIpc) is 2.97. The molecule has 0 radical (unpaired) electrons. The van der Waals surface area contributed by atoms with Crippen molar-refractivity contribution in [2.45, 2.75) is 37.2 Å². The quantitative estimate of drug-likeness (QED) is 0.443. The van der Waals surface area contributed by atoms with E-state index in [1.165, 1.54) is 11.8 Å². The molecule has 0 amide bonds. The predicted octanol–water partition coefficient (Wildman–Crippen LogP) is 3.56. The van der Waals surface area contributed by atoms with Crippen molar-refractivity contribution >= 4 is 17.7 Å². The molecule has 1 unspecified atom stereocenters. The van der Waals surface area contributed by atoms with Gasteiger partial charge in [-0.1, -0.05) is 43.3 Å². The third-order valence-electron chi connectivity index (χ3n) is 2.78. The summed E-state index contributed by atoms with van der Waals surface area (Å²) < 4.78 is 10.7. The lowest BCUT2D eigenvalue weighted by molar-refractivity contribution is -0.142. The number of ether oxygens (including phenoxy) is 1. The van der Waals surface area contributed by atoms with Gasteiger partial charge in [-0.05, 0) is 25.5 Å². The molecule has 0 bridgehead atoms. The number of hydrogen-bond donors (Lipinski definition) is 0. The summed E-state index contributed by atoms with van der Waals surface area (Å²) >= 11 is 1.21. The van der Waals surface area contributed by atoms with Gasteiger partial charge in [0.2, 0.25) is 5.89 Å². The Kier molecular flexibility index (Phi) is 5.80. The first-order valence-corrected chi connectivity index (χ1v) is 7.81. The van der Waals surface area contributed by atoms with E-state index in [1.807, 2.05) is 30.3 Å². The Labute approximate surface area is 128 Å². The molecule has 0 fully saturated rings. The minimum absolute atomic E-state index is 0.257. The van der Waals surface area contributed by atoms with E-state index >= 15 is 0 Å². The SMILES string of the molecule is CCCCOC(=O)C(C)Sc1nnc(-c2ccccc2)o1. The van der Waals surface area contributed by atoms with Gasteiger partial charge in [0, 0.05) is 5.56 Å². The molecule has 1 atom stereocenters. The van der Waals surface area contributed by atoms with E-state index in [9.17, 15) is 4.79 Å². The van der Waals surface area contributed by atoms with Gasteiger partial charge in [0.25, 0.3) is 5.22 Å². The molecule has 0 saturated heterocycles. The van der Waals surface area contributed by atoms with Gasteiger partial charge in [0.05, 0.1) is 6.61 Å². The molecule has 1 heterocycles. The summed E-state index contributed by atoms with van der Waals surface area (Å²) in [6.45, 7) is 4.28. The lowest BCUT2D eigenvalue weighted by Crippen LogP contribution is -2.17.